The number of aryl methyl sites for hydroxylation is 1. The topological polar surface area (TPSA) is 106 Å². The standard InChI is InChI=1S/C12H19N3O5S/c1-4-20-11(16)5-6-14-12(17)10-7-9(8-15(10)3)21(18,19)13-2/h7-8,13H,4-6H2,1-3H3,(H,14,17). The van der Waals surface area contributed by atoms with Gasteiger partial charge in [-0.25, -0.2) is 13.1 Å². The number of carbonyl (C=O) groups excluding carboxylic acids is 2. The summed E-state index contributed by atoms with van der Waals surface area (Å²) in [5.41, 5.74) is 0.188. The van der Waals surface area contributed by atoms with Crippen molar-refractivity contribution in [3.8, 4) is 0 Å². The van der Waals surface area contributed by atoms with Crippen LogP contribution in [0.15, 0.2) is 17.2 Å². The van der Waals surface area contributed by atoms with Crippen LogP contribution in [0, 0.1) is 0 Å². The maximum absolute atomic E-state index is 11.9. The minimum atomic E-state index is -3.60. The third kappa shape index (κ3) is 4.57. The molecule has 9 heteroatoms. The number of hydrogen-bond acceptors (Lipinski definition) is 5. The Hall–Kier alpha value is -1.87. The molecule has 1 aromatic heterocycles. The first-order valence-electron chi connectivity index (χ1n) is 6.35. The summed E-state index contributed by atoms with van der Waals surface area (Å²) in [4.78, 5) is 23.1. The number of esters is 1. The van der Waals surface area contributed by atoms with E-state index in [-0.39, 0.29) is 30.2 Å². The number of sulfonamides is 1. The molecule has 0 aliphatic heterocycles. The van der Waals surface area contributed by atoms with E-state index in [1.807, 2.05) is 0 Å². The first-order valence-corrected chi connectivity index (χ1v) is 7.84. The second-order valence-corrected chi connectivity index (χ2v) is 6.08. The fourth-order valence-electron chi connectivity index (χ4n) is 1.63. The molecule has 0 spiro atoms. The van der Waals surface area contributed by atoms with Gasteiger partial charge in [-0.15, -0.1) is 0 Å². The van der Waals surface area contributed by atoms with E-state index in [1.165, 1.54) is 23.9 Å². The Kier molecular flexibility index (Phi) is 5.91. The number of ether oxygens (including phenoxy) is 1. The highest BCUT2D eigenvalue weighted by Gasteiger charge is 2.19. The second kappa shape index (κ2) is 7.23. The summed E-state index contributed by atoms with van der Waals surface area (Å²) < 4.78 is 31.6. The number of amides is 1. The van der Waals surface area contributed by atoms with Gasteiger partial charge in [0.1, 0.15) is 10.6 Å². The molecule has 1 heterocycles. The van der Waals surface area contributed by atoms with Gasteiger partial charge in [-0.1, -0.05) is 0 Å². The van der Waals surface area contributed by atoms with Gasteiger partial charge in [0, 0.05) is 19.8 Å². The maximum atomic E-state index is 11.9. The Balaban J connectivity index is 2.69. The van der Waals surface area contributed by atoms with Crippen molar-refractivity contribution in [2.45, 2.75) is 18.2 Å². The van der Waals surface area contributed by atoms with Crippen molar-refractivity contribution in [2.24, 2.45) is 7.05 Å². The fraction of sp³-hybridized carbons (Fsp3) is 0.500. The molecule has 0 bridgehead atoms. The molecular weight excluding hydrogens is 298 g/mol. The molecule has 1 rings (SSSR count). The minimum absolute atomic E-state index is 0.00282. The van der Waals surface area contributed by atoms with Crippen molar-refractivity contribution in [3.63, 3.8) is 0 Å². The average molecular weight is 317 g/mol. The Morgan fingerprint density at radius 2 is 2.05 bits per heavy atom. The van der Waals surface area contributed by atoms with E-state index >= 15 is 0 Å². The van der Waals surface area contributed by atoms with E-state index < -0.39 is 21.9 Å². The van der Waals surface area contributed by atoms with Gasteiger partial charge in [0.2, 0.25) is 10.0 Å². The molecule has 0 fully saturated rings. The van der Waals surface area contributed by atoms with Crippen molar-refractivity contribution < 1.29 is 22.7 Å². The lowest BCUT2D eigenvalue weighted by Crippen LogP contribution is -2.28. The lowest BCUT2D eigenvalue weighted by atomic mass is 10.3. The van der Waals surface area contributed by atoms with E-state index in [4.69, 9.17) is 4.74 Å². The van der Waals surface area contributed by atoms with Gasteiger partial charge in [0.15, 0.2) is 0 Å². The molecule has 8 nitrogen and oxygen atoms in total. The van der Waals surface area contributed by atoms with Gasteiger partial charge in [0.05, 0.1) is 13.0 Å². The summed E-state index contributed by atoms with van der Waals surface area (Å²) in [7, 11) is -0.742. The molecule has 1 amide bonds. The van der Waals surface area contributed by atoms with Crippen LogP contribution in [0.5, 0.6) is 0 Å². The van der Waals surface area contributed by atoms with Gasteiger partial charge in [-0.2, -0.15) is 0 Å². The smallest absolute Gasteiger partial charge is 0.307 e. The van der Waals surface area contributed by atoms with E-state index in [1.54, 1.807) is 14.0 Å². The minimum Gasteiger partial charge on any atom is -0.466 e. The highest BCUT2D eigenvalue weighted by Crippen LogP contribution is 2.12. The zero-order valence-corrected chi connectivity index (χ0v) is 13.0. The Labute approximate surface area is 123 Å². The van der Waals surface area contributed by atoms with Crippen molar-refractivity contribution in [3.05, 3.63) is 18.0 Å². The SMILES string of the molecule is CCOC(=O)CCNC(=O)c1cc(S(=O)(=O)NC)cn1C. The van der Waals surface area contributed by atoms with Crippen LogP contribution >= 0.6 is 0 Å². The molecule has 21 heavy (non-hydrogen) atoms. The van der Waals surface area contributed by atoms with E-state index in [2.05, 4.69) is 10.0 Å². The van der Waals surface area contributed by atoms with Crippen molar-refractivity contribution in [1.82, 2.24) is 14.6 Å². The Morgan fingerprint density at radius 3 is 2.62 bits per heavy atom. The van der Waals surface area contributed by atoms with Crippen LogP contribution in [-0.4, -0.2) is 45.1 Å². The fourth-order valence-corrected chi connectivity index (χ4v) is 2.43. The summed E-state index contributed by atoms with van der Waals surface area (Å²) in [6, 6.07) is 1.27. The predicted octanol–water partition coefficient (Wildman–Crippen LogP) is -0.384. The van der Waals surface area contributed by atoms with Crippen LogP contribution in [-0.2, 0) is 26.6 Å². The lowest BCUT2D eigenvalue weighted by molar-refractivity contribution is -0.142. The molecule has 0 atom stereocenters. The molecule has 2 N–H and O–H groups in total. The van der Waals surface area contributed by atoms with Gasteiger partial charge in [-0.3, -0.25) is 9.59 Å². The second-order valence-electron chi connectivity index (χ2n) is 4.19. The molecule has 0 aromatic carbocycles. The summed E-state index contributed by atoms with van der Waals surface area (Å²) in [6.45, 7) is 2.11. The molecule has 118 valence electrons. The molecule has 0 saturated carbocycles. The predicted molar refractivity (Wildman–Crippen MR) is 75.2 cm³/mol. The lowest BCUT2D eigenvalue weighted by Gasteiger charge is -2.05. The highest BCUT2D eigenvalue weighted by molar-refractivity contribution is 7.89. The van der Waals surface area contributed by atoms with Crippen molar-refractivity contribution in [2.75, 3.05) is 20.2 Å². The number of rotatable bonds is 7. The quantitative estimate of drug-likeness (QED) is 0.667. The maximum Gasteiger partial charge on any atom is 0.307 e. The molecule has 0 saturated heterocycles. The molecule has 0 radical (unpaired) electrons. The largest absolute Gasteiger partial charge is 0.466 e. The molecular formula is C12H19N3O5S. The monoisotopic (exact) mass is 317 g/mol. The van der Waals surface area contributed by atoms with E-state index in [0.29, 0.717) is 0 Å². The van der Waals surface area contributed by atoms with Crippen molar-refractivity contribution in [1.29, 1.82) is 0 Å². The van der Waals surface area contributed by atoms with E-state index in [0.717, 1.165) is 0 Å². The van der Waals surface area contributed by atoms with Crippen LogP contribution in [0.1, 0.15) is 23.8 Å². The first kappa shape index (κ1) is 17.2. The number of nitrogens with zero attached hydrogens (tertiary/aromatic N) is 1. The van der Waals surface area contributed by atoms with Crippen LogP contribution < -0.4 is 10.0 Å². The first-order chi connectivity index (χ1) is 9.81. The molecule has 0 aliphatic carbocycles. The highest BCUT2D eigenvalue weighted by atomic mass is 32.2. The zero-order chi connectivity index (χ0) is 16.0. The third-order valence-electron chi connectivity index (χ3n) is 2.71. The normalized spacial score (nSPS) is 11.2. The number of nitrogens with one attached hydrogen (secondary N) is 2. The van der Waals surface area contributed by atoms with Gasteiger partial charge >= 0.3 is 5.97 Å². The summed E-state index contributed by atoms with van der Waals surface area (Å²) in [6.07, 6.45) is 1.40. The Bertz CT molecular complexity index is 621. The molecule has 1 aromatic rings. The van der Waals surface area contributed by atoms with Crippen LogP contribution in [0.4, 0.5) is 0 Å². The van der Waals surface area contributed by atoms with Gasteiger partial charge in [-0.05, 0) is 20.0 Å². The number of aromatic nitrogens is 1. The average Bonchev–Trinajstić information content (AvgIpc) is 2.82. The Morgan fingerprint density at radius 1 is 1.38 bits per heavy atom. The summed E-state index contributed by atoms with van der Waals surface area (Å²) in [5.74, 6) is -0.859. The van der Waals surface area contributed by atoms with Crippen LogP contribution in [0.25, 0.3) is 0 Å². The van der Waals surface area contributed by atoms with Crippen LogP contribution in [0.3, 0.4) is 0 Å². The van der Waals surface area contributed by atoms with E-state index in [9.17, 15) is 18.0 Å². The van der Waals surface area contributed by atoms with Crippen LogP contribution in [0.2, 0.25) is 0 Å². The van der Waals surface area contributed by atoms with Crippen molar-refractivity contribution >= 4 is 21.9 Å². The number of carbonyl (C=O) groups is 2. The van der Waals surface area contributed by atoms with Gasteiger partial charge < -0.3 is 14.6 Å². The molecule has 0 aliphatic rings. The molecule has 0 unspecified atom stereocenters. The summed E-state index contributed by atoms with van der Waals surface area (Å²) in [5, 5.41) is 2.54. The zero-order valence-electron chi connectivity index (χ0n) is 12.2. The third-order valence-corrected chi connectivity index (χ3v) is 4.09. The van der Waals surface area contributed by atoms with Gasteiger partial charge in [0.25, 0.3) is 5.91 Å². The number of hydrogen-bond donors (Lipinski definition) is 2. The summed E-state index contributed by atoms with van der Waals surface area (Å²) >= 11 is 0.